The van der Waals surface area contributed by atoms with Gasteiger partial charge in [0.25, 0.3) is 0 Å². The smallest absolute Gasteiger partial charge is 0.236 e. The molecule has 2 aliphatic heterocycles. The quantitative estimate of drug-likeness (QED) is 0.813. The molecule has 4 heteroatoms. The molecule has 0 saturated carbocycles. The van der Waals surface area contributed by atoms with Gasteiger partial charge in [0.15, 0.2) is 0 Å². The van der Waals surface area contributed by atoms with Crippen molar-refractivity contribution in [2.45, 2.75) is 39.2 Å². The lowest BCUT2D eigenvalue weighted by Crippen LogP contribution is -2.44. The summed E-state index contributed by atoms with van der Waals surface area (Å²) in [4.78, 5) is 16.6. The maximum atomic E-state index is 12.2. The molecule has 0 spiro atoms. The number of likely N-dealkylation sites (tertiary alicyclic amines) is 2. The van der Waals surface area contributed by atoms with Gasteiger partial charge < -0.3 is 10.6 Å². The van der Waals surface area contributed by atoms with E-state index in [4.69, 9.17) is 5.73 Å². The maximum Gasteiger partial charge on any atom is 0.236 e. The third-order valence-corrected chi connectivity index (χ3v) is 4.42. The number of rotatable bonds is 3. The van der Waals surface area contributed by atoms with Crippen LogP contribution < -0.4 is 5.73 Å². The molecule has 1 amide bonds. The first-order valence-electron chi connectivity index (χ1n) is 7.32. The van der Waals surface area contributed by atoms with E-state index in [1.165, 1.54) is 6.42 Å². The van der Waals surface area contributed by atoms with Crippen molar-refractivity contribution < 1.29 is 4.79 Å². The van der Waals surface area contributed by atoms with Gasteiger partial charge in [0.1, 0.15) is 0 Å². The highest BCUT2D eigenvalue weighted by atomic mass is 16.2. The Kier molecular flexibility index (Phi) is 4.62. The number of carbonyl (C=O) groups is 1. The van der Waals surface area contributed by atoms with Crippen LogP contribution in [0.1, 0.15) is 33.1 Å². The summed E-state index contributed by atoms with van der Waals surface area (Å²) in [6.45, 7) is 8.82. The van der Waals surface area contributed by atoms with Crippen LogP contribution in [0.5, 0.6) is 0 Å². The lowest BCUT2D eigenvalue weighted by molar-refractivity contribution is -0.133. The van der Waals surface area contributed by atoms with E-state index in [9.17, 15) is 4.79 Å². The van der Waals surface area contributed by atoms with Gasteiger partial charge in [-0.15, -0.1) is 0 Å². The predicted molar refractivity (Wildman–Crippen MR) is 73.2 cm³/mol. The SMILES string of the molecule is CC1CCCN(C(=O)CN2CCC(C(C)N)C2)C1. The third-order valence-electron chi connectivity index (χ3n) is 4.42. The first kappa shape index (κ1) is 13.8. The van der Waals surface area contributed by atoms with Gasteiger partial charge in [0, 0.05) is 25.7 Å². The Morgan fingerprint density at radius 1 is 1.33 bits per heavy atom. The van der Waals surface area contributed by atoms with Crippen molar-refractivity contribution in [3.05, 3.63) is 0 Å². The number of piperidine rings is 1. The Morgan fingerprint density at radius 2 is 2.11 bits per heavy atom. The van der Waals surface area contributed by atoms with E-state index in [0.29, 0.717) is 24.3 Å². The Bertz CT molecular complexity index is 293. The minimum Gasteiger partial charge on any atom is -0.341 e. The van der Waals surface area contributed by atoms with Crippen LogP contribution >= 0.6 is 0 Å². The second-order valence-electron chi connectivity index (χ2n) is 6.23. The normalized spacial score (nSPS) is 31.6. The van der Waals surface area contributed by atoms with Crippen molar-refractivity contribution in [1.82, 2.24) is 9.80 Å². The first-order chi connectivity index (χ1) is 8.56. The fourth-order valence-corrected chi connectivity index (χ4v) is 3.14. The number of hydrogen-bond donors (Lipinski definition) is 1. The van der Waals surface area contributed by atoms with E-state index in [-0.39, 0.29) is 6.04 Å². The van der Waals surface area contributed by atoms with Crippen molar-refractivity contribution in [3.8, 4) is 0 Å². The molecule has 0 aromatic heterocycles. The van der Waals surface area contributed by atoms with Crippen LogP contribution in [0.15, 0.2) is 0 Å². The van der Waals surface area contributed by atoms with Crippen LogP contribution in [-0.2, 0) is 4.79 Å². The molecule has 2 N–H and O–H groups in total. The molecule has 3 unspecified atom stereocenters. The number of amides is 1. The van der Waals surface area contributed by atoms with Crippen LogP contribution in [0.25, 0.3) is 0 Å². The molecular weight excluding hydrogens is 226 g/mol. The second kappa shape index (κ2) is 6.02. The highest BCUT2D eigenvalue weighted by Crippen LogP contribution is 2.20. The summed E-state index contributed by atoms with van der Waals surface area (Å²) >= 11 is 0. The molecule has 2 rings (SSSR count). The number of nitrogens with zero attached hydrogens (tertiary/aromatic N) is 2. The molecule has 4 nitrogen and oxygen atoms in total. The molecule has 0 aromatic rings. The number of hydrogen-bond acceptors (Lipinski definition) is 3. The summed E-state index contributed by atoms with van der Waals surface area (Å²) in [6.07, 6.45) is 3.57. The van der Waals surface area contributed by atoms with Crippen LogP contribution in [0.4, 0.5) is 0 Å². The summed E-state index contributed by atoms with van der Waals surface area (Å²) in [5, 5.41) is 0. The van der Waals surface area contributed by atoms with Gasteiger partial charge in [0.2, 0.25) is 5.91 Å². The zero-order chi connectivity index (χ0) is 13.1. The standard InChI is InChI=1S/C14H27N3O/c1-11-4-3-6-17(8-11)14(18)10-16-7-5-13(9-16)12(2)15/h11-13H,3-10,15H2,1-2H3. The van der Waals surface area contributed by atoms with E-state index in [2.05, 4.69) is 18.7 Å². The van der Waals surface area contributed by atoms with E-state index < -0.39 is 0 Å². The molecule has 0 bridgehead atoms. The Labute approximate surface area is 110 Å². The van der Waals surface area contributed by atoms with Crippen LogP contribution in [0.3, 0.4) is 0 Å². The Balaban J connectivity index is 1.78. The minimum absolute atomic E-state index is 0.250. The molecule has 2 aliphatic rings. The maximum absolute atomic E-state index is 12.2. The topological polar surface area (TPSA) is 49.6 Å². The van der Waals surface area contributed by atoms with Crippen molar-refractivity contribution in [3.63, 3.8) is 0 Å². The molecule has 104 valence electrons. The van der Waals surface area contributed by atoms with E-state index in [1.54, 1.807) is 0 Å². The van der Waals surface area contributed by atoms with Gasteiger partial charge >= 0.3 is 0 Å². The summed E-state index contributed by atoms with van der Waals surface area (Å²) in [6, 6.07) is 0.250. The second-order valence-corrected chi connectivity index (χ2v) is 6.23. The van der Waals surface area contributed by atoms with Gasteiger partial charge in [-0.05, 0) is 44.6 Å². The van der Waals surface area contributed by atoms with Gasteiger partial charge in [-0.3, -0.25) is 9.69 Å². The highest BCUT2D eigenvalue weighted by molar-refractivity contribution is 5.78. The Hall–Kier alpha value is -0.610. The average molecular weight is 253 g/mol. The first-order valence-corrected chi connectivity index (χ1v) is 7.32. The van der Waals surface area contributed by atoms with Gasteiger partial charge in [-0.2, -0.15) is 0 Å². The van der Waals surface area contributed by atoms with Crippen molar-refractivity contribution in [1.29, 1.82) is 0 Å². The molecular formula is C14H27N3O. The highest BCUT2D eigenvalue weighted by Gasteiger charge is 2.28. The number of nitrogens with two attached hydrogens (primary N) is 1. The monoisotopic (exact) mass is 253 g/mol. The van der Waals surface area contributed by atoms with Gasteiger partial charge in [-0.1, -0.05) is 6.92 Å². The molecule has 0 radical (unpaired) electrons. The fraction of sp³-hybridized carbons (Fsp3) is 0.929. The van der Waals surface area contributed by atoms with E-state index >= 15 is 0 Å². The zero-order valence-electron chi connectivity index (χ0n) is 11.8. The van der Waals surface area contributed by atoms with Crippen molar-refractivity contribution >= 4 is 5.91 Å². The van der Waals surface area contributed by atoms with Gasteiger partial charge in [-0.25, -0.2) is 0 Å². The van der Waals surface area contributed by atoms with Crippen molar-refractivity contribution in [2.24, 2.45) is 17.6 Å². The lowest BCUT2D eigenvalue weighted by atomic mass is 10.0. The third kappa shape index (κ3) is 3.45. The molecule has 0 aliphatic carbocycles. The fourth-order valence-electron chi connectivity index (χ4n) is 3.14. The van der Waals surface area contributed by atoms with Crippen molar-refractivity contribution in [2.75, 3.05) is 32.7 Å². The summed E-state index contributed by atoms with van der Waals surface area (Å²) in [5.74, 6) is 1.54. The van der Waals surface area contributed by atoms with E-state index in [0.717, 1.165) is 39.0 Å². The lowest BCUT2D eigenvalue weighted by Gasteiger charge is -2.32. The van der Waals surface area contributed by atoms with Crippen LogP contribution in [0.2, 0.25) is 0 Å². The average Bonchev–Trinajstić information content (AvgIpc) is 2.77. The Morgan fingerprint density at radius 3 is 2.72 bits per heavy atom. The zero-order valence-corrected chi connectivity index (χ0v) is 11.8. The predicted octanol–water partition coefficient (Wildman–Crippen LogP) is 0.914. The number of carbonyl (C=O) groups excluding carboxylic acids is 1. The summed E-state index contributed by atoms with van der Waals surface area (Å²) in [5.41, 5.74) is 5.93. The molecule has 2 heterocycles. The molecule has 0 aromatic carbocycles. The largest absolute Gasteiger partial charge is 0.341 e. The summed E-state index contributed by atoms with van der Waals surface area (Å²) in [7, 11) is 0. The molecule has 3 atom stereocenters. The van der Waals surface area contributed by atoms with Crippen LogP contribution in [0, 0.1) is 11.8 Å². The van der Waals surface area contributed by atoms with E-state index in [1.807, 2.05) is 4.90 Å². The summed E-state index contributed by atoms with van der Waals surface area (Å²) < 4.78 is 0. The molecule has 2 saturated heterocycles. The minimum atomic E-state index is 0.250. The van der Waals surface area contributed by atoms with Crippen LogP contribution in [-0.4, -0.2) is 54.5 Å². The molecule has 2 fully saturated rings. The van der Waals surface area contributed by atoms with Gasteiger partial charge in [0.05, 0.1) is 6.54 Å². The molecule has 18 heavy (non-hydrogen) atoms.